The van der Waals surface area contributed by atoms with Crippen LogP contribution in [0, 0.1) is 0 Å². The number of rotatable bonds is 2. The number of phenolic OH excluding ortho intramolecular Hbond substituents is 1. The number of phenols is 1. The van der Waals surface area contributed by atoms with Crippen LogP contribution in [-0.2, 0) is 0 Å². The van der Waals surface area contributed by atoms with Crippen molar-refractivity contribution >= 4 is 5.91 Å². The molecule has 1 aromatic rings. The van der Waals surface area contributed by atoms with Gasteiger partial charge in [0.1, 0.15) is 5.75 Å². The van der Waals surface area contributed by atoms with Crippen LogP contribution in [0.1, 0.15) is 17.3 Å². The molecule has 3 heteroatoms. The van der Waals surface area contributed by atoms with E-state index in [4.69, 9.17) is 0 Å². The van der Waals surface area contributed by atoms with Crippen molar-refractivity contribution in [3.63, 3.8) is 0 Å². The largest absolute Gasteiger partial charge is 0.507 e. The summed E-state index contributed by atoms with van der Waals surface area (Å²) in [5.41, 5.74) is 0.354. The van der Waals surface area contributed by atoms with E-state index in [9.17, 15) is 9.90 Å². The summed E-state index contributed by atoms with van der Waals surface area (Å²) >= 11 is 0. The Kier molecular flexibility index (Phi) is 2.90. The zero-order valence-electron chi connectivity index (χ0n) is 7.82. The second-order valence-electron chi connectivity index (χ2n) is 2.84. The first-order valence-corrected chi connectivity index (χ1v) is 4.20. The average molecular weight is 179 g/mol. The second-order valence-corrected chi connectivity index (χ2v) is 2.84. The molecule has 0 fully saturated rings. The molecule has 0 aliphatic carbocycles. The molecule has 0 saturated carbocycles. The summed E-state index contributed by atoms with van der Waals surface area (Å²) in [5.74, 6) is -0.117. The summed E-state index contributed by atoms with van der Waals surface area (Å²) in [6, 6.07) is 6.55. The van der Waals surface area contributed by atoms with Crippen LogP contribution in [0.2, 0.25) is 0 Å². The summed E-state index contributed by atoms with van der Waals surface area (Å²) in [6.45, 7) is 2.52. The fraction of sp³-hybridized carbons (Fsp3) is 0.300. The van der Waals surface area contributed by atoms with Crippen LogP contribution in [0.4, 0.5) is 0 Å². The van der Waals surface area contributed by atoms with Crippen LogP contribution in [0.5, 0.6) is 5.75 Å². The standard InChI is InChI=1S/C10H13NO2/c1-3-11(2)10(13)8-6-4-5-7-9(8)12/h4-7,12H,3H2,1-2H3. The molecule has 0 radical (unpaired) electrons. The van der Waals surface area contributed by atoms with Crippen molar-refractivity contribution in [1.82, 2.24) is 4.90 Å². The lowest BCUT2D eigenvalue weighted by Crippen LogP contribution is -2.26. The van der Waals surface area contributed by atoms with E-state index in [0.717, 1.165) is 0 Å². The highest BCUT2D eigenvalue weighted by Crippen LogP contribution is 2.16. The summed E-state index contributed by atoms with van der Waals surface area (Å²) in [6.07, 6.45) is 0. The normalized spacial score (nSPS) is 9.69. The Labute approximate surface area is 77.6 Å². The molecule has 3 nitrogen and oxygen atoms in total. The van der Waals surface area contributed by atoms with E-state index in [2.05, 4.69) is 0 Å². The van der Waals surface area contributed by atoms with Crippen molar-refractivity contribution in [1.29, 1.82) is 0 Å². The summed E-state index contributed by atoms with van der Waals surface area (Å²) in [7, 11) is 1.70. The third-order valence-corrected chi connectivity index (χ3v) is 1.96. The van der Waals surface area contributed by atoms with Gasteiger partial charge in [-0.25, -0.2) is 0 Å². The van der Waals surface area contributed by atoms with E-state index in [1.54, 1.807) is 30.1 Å². The predicted molar refractivity (Wildman–Crippen MR) is 50.7 cm³/mol. The fourth-order valence-electron chi connectivity index (χ4n) is 1.00. The first-order chi connectivity index (χ1) is 6.16. The molecule has 0 aromatic heterocycles. The highest BCUT2D eigenvalue weighted by molar-refractivity contribution is 5.96. The zero-order chi connectivity index (χ0) is 9.84. The quantitative estimate of drug-likeness (QED) is 0.747. The topological polar surface area (TPSA) is 40.5 Å². The number of hydrogen-bond acceptors (Lipinski definition) is 2. The van der Waals surface area contributed by atoms with E-state index in [-0.39, 0.29) is 11.7 Å². The van der Waals surface area contributed by atoms with Gasteiger partial charge in [-0.1, -0.05) is 12.1 Å². The van der Waals surface area contributed by atoms with E-state index in [1.807, 2.05) is 6.92 Å². The Hall–Kier alpha value is -1.51. The van der Waals surface area contributed by atoms with Crippen LogP contribution in [0.25, 0.3) is 0 Å². The molecule has 1 aromatic carbocycles. The van der Waals surface area contributed by atoms with Crippen molar-refractivity contribution in [2.75, 3.05) is 13.6 Å². The molecular weight excluding hydrogens is 166 g/mol. The first kappa shape index (κ1) is 9.58. The lowest BCUT2D eigenvalue weighted by molar-refractivity contribution is 0.0799. The Morgan fingerprint density at radius 1 is 1.46 bits per heavy atom. The Morgan fingerprint density at radius 3 is 2.62 bits per heavy atom. The SMILES string of the molecule is CCN(C)C(=O)c1ccccc1O. The van der Waals surface area contributed by atoms with Gasteiger partial charge in [0.15, 0.2) is 0 Å². The molecule has 0 saturated heterocycles. The maximum Gasteiger partial charge on any atom is 0.257 e. The van der Waals surface area contributed by atoms with Gasteiger partial charge in [-0.05, 0) is 19.1 Å². The lowest BCUT2D eigenvalue weighted by atomic mass is 10.2. The molecule has 0 atom stereocenters. The van der Waals surface area contributed by atoms with Crippen molar-refractivity contribution in [2.45, 2.75) is 6.92 Å². The van der Waals surface area contributed by atoms with Gasteiger partial charge in [-0.2, -0.15) is 0 Å². The summed E-state index contributed by atoms with van der Waals surface area (Å²) < 4.78 is 0. The Balaban J connectivity index is 2.95. The number of para-hydroxylation sites is 1. The van der Waals surface area contributed by atoms with Crippen molar-refractivity contribution in [3.05, 3.63) is 29.8 Å². The lowest BCUT2D eigenvalue weighted by Gasteiger charge is -2.14. The summed E-state index contributed by atoms with van der Waals surface area (Å²) in [4.78, 5) is 13.1. The van der Waals surface area contributed by atoms with Gasteiger partial charge in [-0.3, -0.25) is 4.79 Å². The molecule has 70 valence electrons. The van der Waals surface area contributed by atoms with E-state index < -0.39 is 0 Å². The number of nitrogens with zero attached hydrogens (tertiary/aromatic N) is 1. The molecule has 0 bridgehead atoms. The maximum absolute atomic E-state index is 11.6. The number of hydrogen-bond donors (Lipinski definition) is 1. The fourth-order valence-corrected chi connectivity index (χ4v) is 1.00. The van der Waals surface area contributed by atoms with Gasteiger partial charge >= 0.3 is 0 Å². The number of amides is 1. The minimum absolute atomic E-state index is 0.0350. The molecule has 1 amide bonds. The average Bonchev–Trinajstić information content (AvgIpc) is 2.16. The number of benzene rings is 1. The number of carbonyl (C=O) groups excluding carboxylic acids is 1. The van der Waals surface area contributed by atoms with Crippen molar-refractivity contribution < 1.29 is 9.90 Å². The van der Waals surface area contributed by atoms with Crippen LogP contribution < -0.4 is 0 Å². The van der Waals surface area contributed by atoms with Gasteiger partial charge in [0.05, 0.1) is 5.56 Å². The molecule has 0 aliphatic rings. The van der Waals surface area contributed by atoms with Gasteiger partial charge in [0.25, 0.3) is 5.91 Å². The Morgan fingerprint density at radius 2 is 2.08 bits per heavy atom. The predicted octanol–water partition coefficient (Wildman–Crippen LogP) is 1.48. The minimum Gasteiger partial charge on any atom is -0.507 e. The molecule has 1 N–H and O–H groups in total. The Bertz CT molecular complexity index is 310. The first-order valence-electron chi connectivity index (χ1n) is 4.20. The van der Waals surface area contributed by atoms with Crippen LogP contribution in [0.15, 0.2) is 24.3 Å². The molecule has 0 unspecified atom stereocenters. The van der Waals surface area contributed by atoms with Crippen molar-refractivity contribution in [2.24, 2.45) is 0 Å². The maximum atomic E-state index is 11.6. The highest BCUT2D eigenvalue weighted by Gasteiger charge is 2.12. The number of carbonyl (C=O) groups is 1. The third kappa shape index (κ3) is 1.99. The molecule has 13 heavy (non-hydrogen) atoms. The monoisotopic (exact) mass is 179 g/mol. The van der Waals surface area contributed by atoms with Gasteiger partial charge < -0.3 is 10.0 Å². The molecule has 0 heterocycles. The van der Waals surface area contributed by atoms with Crippen LogP contribution >= 0.6 is 0 Å². The minimum atomic E-state index is -0.152. The molecular formula is C10H13NO2. The third-order valence-electron chi connectivity index (χ3n) is 1.96. The molecule has 0 aliphatic heterocycles. The zero-order valence-corrected chi connectivity index (χ0v) is 7.82. The van der Waals surface area contributed by atoms with E-state index >= 15 is 0 Å². The van der Waals surface area contributed by atoms with E-state index in [1.165, 1.54) is 6.07 Å². The second kappa shape index (κ2) is 3.94. The van der Waals surface area contributed by atoms with E-state index in [0.29, 0.717) is 12.1 Å². The smallest absolute Gasteiger partial charge is 0.257 e. The van der Waals surface area contributed by atoms with Crippen LogP contribution in [0.3, 0.4) is 0 Å². The molecule has 0 spiro atoms. The van der Waals surface area contributed by atoms with Gasteiger partial charge in [0.2, 0.25) is 0 Å². The number of aromatic hydroxyl groups is 1. The van der Waals surface area contributed by atoms with Crippen molar-refractivity contribution in [3.8, 4) is 5.75 Å². The summed E-state index contributed by atoms with van der Waals surface area (Å²) in [5, 5.41) is 9.38. The molecule has 1 rings (SSSR count). The van der Waals surface area contributed by atoms with Gasteiger partial charge in [0, 0.05) is 13.6 Å². The van der Waals surface area contributed by atoms with Crippen LogP contribution in [-0.4, -0.2) is 29.5 Å². The highest BCUT2D eigenvalue weighted by atomic mass is 16.3. The van der Waals surface area contributed by atoms with Gasteiger partial charge in [-0.15, -0.1) is 0 Å².